The van der Waals surface area contributed by atoms with E-state index in [2.05, 4.69) is 16.5 Å². The number of aromatic nitrogens is 2. The van der Waals surface area contributed by atoms with Crippen molar-refractivity contribution >= 4 is 17.7 Å². The Balaban J connectivity index is 2.12. The Labute approximate surface area is 116 Å². The standard InChI is InChI=1S/C14H16N2O2S/c1-3-16-9-15-7-11(16)8-19-12-5-4-10(2)13(6-12)14(17)18/h4-7,9H,3,8H2,1-2H3,(H,17,18). The molecule has 0 amide bonds. The topological polar surface area (TPSA) is 55.1 Å². The van der Waals surface area contributed by atoms with E-state index in [1.54, 1.807) is 17.8 Å². The number of benzene rings is 1. The molecule has 0 aliphatic heterocycles. The number of carbonyl (C=O) groups is 1. The first-order chi connectivity index (χ1) is 9.11. The number of rotatable bonds is 5. The van der Waals surface area contributed by atoms with E-state index < -0.39 is 5.97 Å². The van der Waals surface area contributed by atoms with E-state index in [-0.39, 0.29) is 0 Å². The molecule has 1 heterocycles. The first-order valence-electron chi connectivity index (χ1n) is 6.07. The average Bonchev–Trinajstić information content (AvgIpc) is 2.84. The zero-order valence-electron chi connectivity index (χ0n) is 11.0. The van der Waals surface area contributed by atoms with Crippen molar-refractivity contribution < 1.29 is 9.90 Å². The summed E-state index contributed by atoms with van der Waals surface area (Å²) in [5.41, 5.74) is 2.30. The predicted octanol–water partition coefficient (Wildman–Crippen LogP) is 3.20. The molecule has 0 bridgehead atoms. The third-order valence-corrected chi connectivity index (χ3v) is 3.99. The Kier molecular flexibility index (Phi) is 4.27. The number of imidazole rings is 1. The van der Waals surface area contributed by atoms with Crippen LogP contribution < -0.4 is 0 Å². The second-order valence-corrected chi connectivity index (χ2v) is 5.29. The molecule has 0 aliphatic rings. The van der Waals surface area contributed by atoms with Crippen LogP contribution in [0.3, 0.4) is 0 Å². The van der Waals surface area contributed by atoms with E-state index in [0.29, 0.717) is 5.56 Å². The van der Waals surface area contributed by atoms with E-state index >= 15 is 0 Å². The number of aromatic carboxylic acids is 1. The van der Waals surface area contributed by atoms with Crippen LogP contribution in [0.15, 0.2) is 35.6 Å². The highest BCUT2D eigenvalue weighted by Crippen LogP contribution is 2.25. The van der Waals surface area contributed by atoms with Crippen LogP contribution in [-0.4, -0.2) is 20.6 Å². The molecule has 0 atom stereocenters. The lowest BCUT2D eigenvalue weighted by molar-refractivity contribution is 0.0696. The van der Waals surface area contributed by atoms with E-state index in [4.69, 9.17) is 5.11 Å². The molecule has 0 fully saturated rings. The van der Waals surface area contributed by atoms with Gasteiger partial charge in [0.15, 0.2) is 0 Å². The predicted molar refractivity (Wildman–Crippen MR) is 75.6 cm³/mol. The highest BCUT2D eigenvalue weighted by atomic mass is 32.2. The number of hydrogen-bond donors (Lipinski definition) is 1. The summed E-state index contributed by atoms with van der Waals surface area (Å²) in [6.45, 7) is 4.78. The average molecular weight is 276 g/mol. The second kappa shape index (κ2) is 5.93. The van der Waals surface area contributed by atoms with Gasteiger partial charge in [0.1, 0.15) is 0 Å². The largest absolute Gasteiger partial charge is 0.478 e. The fourth-order valence-electron chi connectivity index (χ4n) is 1.83. The monoisotopic (exact) mass is 276 g/mol. The summed E-state index contributed by atoms with van der Waals surface area (Å²) < 4.78 is 2.08. The number of carboxylic acid groups (broad SMARTS) is 1. The lowest BCUT2D eigenvalue weighted by Gasteiger charge is -2.07. The number of hydrogen-bond acceptors (Lipinski definition) is 3. The quantitative estimate of drug-likeness (QED) is 0.852. The first-order valence-corrected chi connectivity index (χ1v) is 7.06. The summed E-state index contributed by atoms with van der Waals surface area (Å²) >= 11 is 1.62. The van der Waals surface area contributed by atoms with Crippen molar-refractivity contribution in [3.63, 3.8) is 0 Å². The maximum atomic E-state index is 11.1. The molecular formula is C14H16N2O2S. The van der Waals surface area contributed by atoms with Gasteiger partial charge in [-0.15, -0.1) is 11.8 Å². The molecule has 0 unspecified atom stereocenters. The Morgan fingerprint density at radius 1 is 1.47 bits per heavy atom. The van der Waals surface area contributed by atoms with E-state index in [1.165, 1.54) is 0 Å². The molecule has 1 N–H and O–H groups in total. The van der Waals surface area contributed by atoms with Crippen molar-refractivity contribution in [3.8, 4) is 0 Å². The van der Waals surface area contributed by atoms with E-state index in [0.717, 1.165) is 28.5 Å². The van der Waals surface area contributed by atoms with Crippen LogP contribution in [-0.2, 0) is 12.3 Å². The first kappa shape index (κ1) is 13.7. The third kappa shape index (κ3) is 3.17. The van der Waals surface area contributed by atoms with Crippen LogP contribution in [0.5, 0.6) is 0 Å². The van der Waals surface area contributed by atoms with Gasteiger partial charge in [-0.25, -0.2) is 9.78 Å². The van der Waals surface area contributed by atoms with Crippen molar-refractivity contribution in [1.29, 1.82) is 0 Å². The molecule has 0 spiro atoms. The Morgan fingerprint density at radius 3 is 2.95 bits per heavy atom. The van der Waals surface area contributed by atoms with Crippen LogP contribution in [0, 0.1) is 6.92 Å². The van der Waals surface area contributed by atoms with Gasteiger partial charge in [0.05, 0.1) is 11.9 Å². The minimum Gasteiger partial charge on any atom is -0.478 e. The Morgan fingerprint density at radius 2 is 2.26 bits per heavy atom. The molecule has 19 heavy (non-hydrogen) atoms. The number of nitrogens with zero attached hydrogens (tertiary/aromatic N) is 2. The van der Waals surface area contributed by atoms with Gasteiger partial charge < -0.3 is 9.67 Å². The van der Waals surface area contributed by atoms with Crippen LogP contribution in [0.4, 0.5) is 0 Å². The summed E-state index contributed by atoms with van der Waals surface area (Å²) in [7, 11) is 0. The van der Waals surface area contributed by atoms with Crippen LogP contribution in [0.25, 0.3) is 0 Å². The third-order valence-electron chi connectivity index (χ3n) is 2.97. The van der Waals surface area contributed by atoms with Crippen molar-refractivity contribution in [2.45, 2.75) is 31.0 Å². The summed E-state index contributed by atoms with van der Waals surface area (Å²) in [5.74, 6) is -0.0887. The zero-order valence-corrected chi connectivity index (χ0v) is 11.8. The van der Waals surface area contributed by atoms with Crippen LogP contribution in [0.2, 0.25) is 0 Å². The lowest BCUT2D eigenvalue weighted by atomic mass is 10.1. The van der Waals surface area contributed by atoms with Gasteiger partial charge in [0, 0.05) is 29.1 Å². The molecule has 1 aromatic carbocycles. The minimum absolute atomic E-state index is 0.369. The molecule has 2 aromatic rings. The van der Waals surface area contributed by atoms with E-state index in [9.17, 15) is 4.79 Å². The van der Waals surface area contributed by atoms with Gasteiger partial charge in [-0.2, -0.15) is 0 Å². The summed E-state index contributed by atoms with van der Waals surface area (Å²) in [5, 5.41) is 9.10. The van der Waals surface area contributed by atoms with Gasteiger partial charge in [-0.3, -0.25) is 0 Å². The smallest absolute Gasteiger partial charge is 0.335 e. The Hall–Kier alpha value is -1.75. The number of thioether (sulfide) groups is 1. The van der Waals surface area contributed by atoms with Gasteiger partial charge in [-0.1, -0.05) is 6.07 Å². The molecule has 5 heteroatoms. The molecule has 0 saturated heterocycles. The molecule has 0 radical (unpaired) electrons. The summed E-state index contributed by atoms with van der Waals surface area (Å²) in [6, 6.07) is 5.54. The number of carboxylic acids is 1. The molecule has 0 saturated carbocycles. The molecule has 1 aromatic heterocycles. The summed E-state index contributed by atoms with van der Waals surface area (Å²) in [6.07, 6.45) is 3.66. The van der Waals surface area contributed by atoms with E-state index in [1.807, 2.05) is 31.6 Å². The summed E-state index contributed by atoms with van der Waals surface area (Å²) in [4.78, 5) is 16.2. The normalized spacial score (nSPS) is 10.6. The van der Waals surface area contributed by atoms with Gasteiger partial charge in [-0.05, 0) is 31.5 Å². The lowest BCUT2D eigenvalue weighted by Crippen LogP contribution is -2.00. The Bertz CT molecular complexity index is 593. The molecule has 4 nitrogen and oxygen atoms in total. The molecular weight excluding hydrogens is 260 g/mol. The van der Waals surface area contributed by atoms with Crippen LogP contribution in [0.1, 0.15) is 28.5 Å². The fraction of sp³-hybridized carbons (Fsp3) is 0.286. The maximum Gasteiger partial charge on any atom is 0.335 e. The highest BCUT2D eigenvalue weighted by molar-refractivity contribution is 7.98. The van der Waals surface area contributed by atoms with Crippen molar-refractivity contribution in [2.24, 2.45) is 0 Å². The zero-order chi connectivity index (χ0) is 13.8. The minimum atomic E-state index is -0.876. The van der Waals surface area contributed by atoms with Crippen molar-refractivity contribution in [3.05, 3.63) is 47.5 Å². The van der Waals surface area contributed by atoms with Gasteiger partial charge >= 0.3 is 5.97 Å². The van der Waals surface area contributed by atoms with Gasteiger partial charge in [0.2, 0.25) is 0 Å². The van der Waals surface area contributed by atoms with Gasteiger partial charge in [0.25, 0.3) is 0 Å². The molecule has 100 valence electrons. The maximum absolute atomic E-state index is 11.1. The van der Waals surface area contributed by atoms with Crippen LogP contribution >= 0.6 is 11.8 Å². The van der Waals surface area contributed by atoms with Crippen molar-refractivity contribution in [1.82, 2.24) is 9.55 Å². The SMILES string of the molecule is CCn1cncc1CSc1ccc(C)c(C(=O)O)c1. The van der Waals surface area contributed by atoms with Crippen molar-refractivity contribution in [2.75, 3.05) is 0 Å². The highest BCUT2D eigenvalue weighted by Gasteiger charge is 2.09. The molecule has 0 aliphatic carbocycles. The number of aryl methyl sites for hydroxylation is 2. The second-order valence-electron chi connectivity index (χ2n) is 4.24. The molecule has 2 rings (SSSR count). The fourth-order valence-corrected chi connectivity index (χ4v) is 2.75.